The van der Waals surface area contributed by atoms with Crippen LogP contribution in [0, 0.1) is 0 Å². The number of thiophene rings is 1. The lowest BCUT2D eigenvalue weighted by atomic mass is 10.5. The normalized spacial score (nSPS) is 10.0. The van der Waals surface area contributed by atoms with Crippen LogP contribution >= 0.6 is 11.3 Å². The summed E-state index contributed by atoms with van der Waals surface area (Å²) >= 11 is 1.60. The van der Waals surface area contributed by atoms with Crippen LogP contribution in [-0.2, 0) is 0 Å². The Bertz CT molecular complexity index is 255. The third kappa shape index (κ3) is 0.823. The van der Waals surface area contributed by atoms with Crippen LogP contribution < -0.4 is 0 Å². The Hall–Kier alpha value is -1.16. The van der Waals surface area contributed by atoms with Crippen molar-refractivity contribution in [1.82, 2.24) is 10.1 Å². The lowest BCUT2D eigenvalue weighted by molar-refractivity contribution is 0.419. The van der Waals surface area contributed by atoms with Gasteiger partial charge in [-0.15, -0.1) is 11.3 Å². The molecule has 2 aromatic heterocycles. The second-order valence-corrected chi connectivity index (χ2v) is 2.68. The van der Waals surface area contributed by atoms with Gasteiger partial charge in [-0.3, -0.25) is 0 Å². The van der Waals surface area contributed by atoms with Crippen molar-refractivity contribution in [2.45, 2.75) is 0 Å². The third-order valence-electron chi connectivity index (χ3n) is 1.10. The number of hydrogen-bond acceptors (Lipinski definition) is 4. The van der Waals surface area contributed by atoms with E-state index in [9.17, 15) is 0 Å². The zero-order chi connectivity index (χ0) is 6.81. The second kappa shape index (κ2) is 2.22. The molecule has 0 amide bonds. The molecule has 0 saturated heterocycles. The molecule has 50 valence electrons. The van der Waals surface area contributed by atoms with E-state index >= 15 is 0 Å². The molecule has 0 atom stereocenters. The lowest BCUT2D eigenvalue weighted by Crippen LogP contribution is -1.71. The van der Waals surface area contributed by atoms with Crippen molar-refractivity contribution in [3.8, 4) is 10.7 Å². The fourth-order valence-electron chi connectivity index (χ4n) is 0.685. The zero-order valence-corrected chi connectivity index (χ0v) is 5.84. The molecular weight excluding hydrogens is 148 g/mol. The minimum atomic E-state index is 0.662. The molecule has 0 bridgehead atoms. The molecule has 0 saturated carbocycles. The summed E-state index contributed by atoms with van der Waals surface area (Å²) in [6, 6.07) is 3.91. The van der Waals surface area contributed by atoms with Gasteiger partial charge in [0.25, 0.3) is 0 Å². The second-order valence-electron chi connectivity index (χ2n) is 1.73. The first-order valence-electron chi connectivity index (χ1n) is 2.77. The molecule has 4 heteroatoms. The van der Waals surface area contributed by atoms with Crippen molar-refractivity contribution in [3.05, 3.63) is 23.9 Å². The van der Waals surface area contributed by atoms with Gasteiger partial charge in [-0.2, -0.15) is 4.98 Å². The minimum Gasteiger partial charge on any atom is -0.342 e. The average Bonchev–Trinajstić information content (AvgIpc) is 2.59. The molecule has 3 nitrogen and oxygen atoms in total. The first kappa shape index (κ1) is 5.61. The quantitative estimate of drug-likeness (QED) is 0.625. The maximum atomic E-state index is 4.58. The smallest absolute Gasteiger partial charge is 0.214 e. The first-order chi connectivity index (χ1) is 4.97. The number of nitrogens with zero attached hydrogens (tertiary/aromatic N) is 2. The number of rotatable bonds is 1. The molecule has 0 aromatic carbocycles. The Balaban J connectivity index is 2.48. The molecule has 2 heterocycles. The maximum Gasteiger partial charge on any atom is 0.214 e. The maximum absolute atomic E-state index is 4.58. The summed E-state index contributed by atoms with van der Waals surface area (Å²) in [6.07, 6.45) is 1.33. The highest BCUT2D eigenvalue weighted by molar-refractivity contribution is 7.13. The Morgan fingerprint density at radius 1 is 1.50 bits per heavy atom. The van der Waals surface area contributed by atoms with E-state index in [0.29, 0.717) is 5.82 Å². The average molecular weight is 152 g/mol. The Labute approximate surface area is 61.3 Å². The van der Waals surface area contributed by atoms with E-state index < -0.39 is 0 Å². The van der Waals surface area contributed by atoms with Gasteiger partial charge in [-0.25, -0.2) is 0 Å². The monoisotopic (exact) mass is 152 g/mol. The van der Waals surface area contributed by atoms with Gasteiger partial charge in [0.15, 0.2) is 0 Å². The molecular formula is C6H4N2OS. The van der Waals surface area contributed by atoms with Gasteiger partial charge in [-0.1, -0.05) is 11.2 Å². The molecule has 0 aliphatic carbocycles. The van der Waals surface area contributed by atoms with Crippen LogP contribution in [0.4, 0.5) is 0 Å². The molecule has 0 aliphatic heterocycles. The molecule has 0 aliphatic rings. The van der Waals surface area contributed by atoms with Crippen LogP contribution in [0.2, 0.25) is 0 Å². The number of aromatic nitrogens is 2. The van der Waals surface area contributed by atoms with E-state index in [2.05, 4.69) is 14.7 Å². The fraction of sp³-hybridized carbons (Fsp3) is 0. The summed E-state index contributed by atoms with van der Waals surface area (Å²) in [5.74, 6) is 0.662. The molecule has 0 radical (unpaired) electrons. The van der Waals surface area contributed by atoms with Gasteiger partial charge in [0.2, 0.25) is 12.2 Å². The zero-order valence-electron chi connectivity index (χ0n) is 5.02. The summed E-state index contributed by atoms with van der Waals surface area (Å²) in [5, 5.41) is 5.66. The molecule has 0 N–H and O–H groups in total. The van der Waals surface area contributed by atoms with Crippen LogP contribution in [0.15, 0.2) is 28.4 Å². The van der Waals surface area contributed by atoms with E-state index in [1.807, 2.05) is 17.5 Å². The van der Waals surface area contributed by atoms with E-state index in [4.69, 9.17) is 0 Å². The van der Waals surface area contributed by atoms with Crippen LogP contribution in [0.5, 0.6) is 0 Å². The predicted molar refractivity (Wildman–Crippen MR) is 37.6 cm³/mol. The van der Waals surface area contributed by atoms with E-state index in [0.717, 1.165) is 4.88 Å². The van der Waals surface area contributed by atoms with Crippen molar-refractivity contribution in [1.29, 1.82) is 0 Å². The van der Waals surface area contributed by atoms with E-state index in [1.54, 1.807) is 11.3 Å². The lowest BCUT2D eigenvalue weighted by Gasteiger charge is -1.79. The van der Waals surface area contributed by atoms with E-state index in [1.165, 1.54) is 6.39 Å². The molecule has 0 unspecified atom stereocenters. The number of hydrogen-bond donors (Lipinski definition) is 0. The van der Waals surface area contributed by atoms with Crippen LogP contribution in [0.25, 0.3) is 10.7 Å². The van der Waals surface area contributed by atoms with Crippen LogP contribution in [-0.4, -0.2) is 10.1 Å². The Kier molecular flexibility index (Phi) is 1.25. The Morgan fingerprint density at radius 3 is 3.10 bits per heavy atom. The van der Waals surface area contributed by atoms with Crippen LogP contribution in [0.1, 0.15) is 0 Å². The summed E-state index contributed by atoms with van der Waals surface area (Å²) in [5.41, 5.74) is 0. The van der Waals surface area contributed by atoms with Crippen molar-refractivity contribution in [2.24, 2.45) is 0 Å². The van der Waals surface area contributed by atoms with Gasteiger partial charge in [-0.05, 0) is 11.4 Å². The van der Waals surface area contributed by atoms with Crippen molar-refractivity contribution in [2.75, 3.05) is 0 Å². The molecule has 0 fully saturated rings. The highest BCUT2D eigenvalue weighted by Gasteiger charge is 2.01. The molecule has 2 rings (SSSR count). The van der Waals surface area contributed by atoms with Crippen LogP contribution in [0.3, 0.4) is 0 Å². The highest BCUT2D eigenvalue weighted by atomic mass is 32.1. The summed E-state index contributed by atoms with van der Waals surface area (Å²) < 4.78 is 4.58. The molecule has 2 aromatic rings. The van der Waals surface area contributed by atoms with Gasteiger partial charge in [0, 0.05) is 0 Å². The standard InChI is InChI=1S/C6H4N2OS/c1-2-5(10-3-1)6-7-4-9-8-6/h1-4H. The van der Waals surface area contributed by atoms with Gasteiger partial charge < -0.3 is 4.52 Å². The van der Waals surface area contributed by atoms with Crippen molar-refractivity contribution in [3.63, 3.8) is 0 Å². The van der Waals surface area contributed by atoms with E-state index in [-0.39, 0.29) is 0 Å². The minimum absolute atomic E-state index is 0.662. The van der Waals surface area contributed by atoms with Crippen molar-refractivity contribution >= 4 is 11.3 Å². The topological polar surface area (TPSA) is 38.9 Å². The van der Waals surface area contributed by atoms with Gasteiger partial charge in [0.05, 0.1) is 4.88 Å². The summed E-state index contributed by atoms with van der Waals surface area (Å²) in [6.45, 7) is 0. The van der Waals surface area contributed by atoms with Gasteiger partial charge in [0.1, 0.15) is 0 Å². The highest BCUT2D eigenvalue weighted by Crippen LogP contribution is 2.19. The van der Waals surface area contributed by atoms with Gasteiger partial charge >= 0.3 is 0 Å². The molecule has 0 spiro atoms. The molecule has 10 heavy (non-hydrogen) atoms. The summed E-state index contributed by atoms with van der Waals surface area (Å²) in [4.78, 5) is 4.93. The first-order valence-corrected chi connectivity index (χ1v) is 3.65. The third-order valence-corrected chi connectivity index (χ3v) is 1.97. The fourth-order valence-corrected chi connectivity index (χ4v) is 1.34. The van der Waals surface area contributed by atoms with Crippen molar-refractivity contribution < 1.29 is 4.52 Å². The largest absolute Gasteiger partial charge is 0.342 e. The Morgan fingerprint density at radius 2 is 2.50 bits per heavy atom. The predicted octanol–water partition coefficient (Wildman–Crippen LogP) is 1.80. The SMILES string of the molecule is c1csc(-c2ncon2)c1. The summed E-state index contributed by atoms with van der Waals surface area (Å²) in [7, 11) is 0.